The molecule has 0 aromatic heterocycles. The Bertz CT molecular complexity index is 281. The molecule has 8 nitrogen and oxygen atoms in total. The molecule has 0 atom stereocenters. The summed E-state index contributed by atoms with van der Waals surface area (Å²) in [5.74, 6) is -0.482. The summed E-state index contributed by atoms with van der Waals surface area (Å²) < 4.78 is 0. The van der Waals surface area contributed by atoms with Gasteiger partial charge in [-0.3, -0.25) is 9.59 Å². The van der Waals surface area contributed by atoms with Crippen LogP contribution in [0.5, 0.6) is 0 Å². The number of aliphatic hydroxyl groups excluding tert-OH is 2. The second-order valence-electron chi connectivity index (χ2n) is 4.98. The standard InChI is InChI=1S/C14H30N4O4/c1-2-15-3-4-16-11-12(9-13(21)17-5-7-19)10-14(22)18-6-8-20/h12,15-16,19-20H,2-11H2,1H3,(H,17,21)(H,18,22). The van der Waals surface area contributed by atoms with Crippen molar-refractivity contribution in [3.8, 4) is 0 Å². The van der Waals surface area contributed by atoms with E-state index in [1.807, 2.05) is 6.92 Å². The van der Waals surface area contributed by atoms with Crippen molar-refractivity contribution in [2.75, 3.05) is 52.5 Å². The van der Waals surface area contributed by atoms with E-state index in [0.29, 0.717) is 6.54 Å². The quantitative estimate of drug-likeness (QED) is 0.202. The number of hydrogen-bond donors (Lipinski definition) is 6. The van der Waals surface area contributed by atoms with E-state index in [0.717, 1.165) is 19.6 Å². The van der Waals surface area contributed by atoms with Crippen molar-refractivity contribution < 1.29 is 19.8 Å². The van der Waals surface area contributed by atoms with E-state index in [1.165, 1.54) is 0 Å². The number of rotatable bonds is 14. The molecule has 0 spiro atoms. The molecule has 0 aliphatic carbocycles. The molecule has 0 radical (unpaired) electrons. The molecule has 22 heavy (non-hydrogen) atoms. The highest BCUT2D eigenvalue weighted by Gasteiger charge is 2.17. The van der Waals surface area contributed by atoms with Crippen molar-refractivity contribution in [3.63, 3.8) is 0 Å². The van der Waals surface area contributed by atoms with Gasteiger partial charge in [0, 0.05) is 39.0 Å². The maximum absolute atomic E-state index is 11.7. The molecule has 0 saturated heterocycles. The lowest BCUT2D eigenvalue weighted by Crippen LogP contribution is -2.37. The molecule has 6 N–H and O–H groups in total. The fraction of sp³-hybridized carbons (Fsp3) is 0.857. The highest BCUT2D eigenvalue weighted by molar-refractivity contribution is 5.79. The zero-order valence-electron chi connectivity index (χ0n) is 13.4. The van der Waals surface area contributed by atoms with Crippen molar-refractivity contribution in [3.05, 3.63) is 0 Å². The zero-order valence-corrected chi connectivity index (χ0v) is 13.4. The molecule has 0 bridgehead atoms. The second kappa shape index (κ2) is 14.7. The molecule has 0 aromatic carbocycles. The monoisotopic (exact) mass is 318 g/mol. The zero-order chi connectivity index (χ0) is 16.6. The molecule has 2 amide bonds. The van der Waals surface area contributed by atoms with Crippen LogP contribution in [0.15, 0.2) is 0 Å². The number of amides is 2. The van der Waals surface area contributed by atoms with Gasteiger partial charge in [-0.25, -0.2) is 0 Å². The second-order valence-corrected chi connectivity index (χ2v) is 4.98. The highest BCUT2D eigenvalue weighted by Crippen LogP contribution is 2.07. The first kappa shape index (κ1) is 20.8. The normalized spacial score (nSPS) is 10.7. The predicted molar refractivity (Wildman–Crippen MR) is 84.3 cm³/mol. The molecule has 0 unspecified atom stereocenters. The molecule has 0 saturated carbocycles. The van der Waals surface area contributed by atoms with Crippen molar-refractivity contribution >= 4 is 11.8 Å². The van der Waals surface area contributed by atoms with E-state index >= 15 is 0 Å². The summed E-state index contributed by atoms with van der Waals surface area (Å²) in [6.45, 7) is 5.31. The van der Waals surface area contributed by atoms with Gasteiger partial charge in [0.15, 0.2) is 0 Å². The number of carbonyl (C=O) groups excluding carboxylic acids is 2. The lowest BCUT2D eigenvalue weighted by atomic mass is 10.00. The molecule has 0 rings (SSSR count). The average molecular weight is 318 g/mol. The van der Waals surface area contributed by atoms with Gasteiger partial charge in [-0.1, -0.05) is 6.92 Å². The average Bonchev–Trinajstić information content (AvgIpc) is 2.50. The summed E-state index contributed by atoms with van der Waals surface area (Å²) in [4.78, 5) is 23.4. The molecule has 0 aliphatic rings. The van der Waals surface area contributed by atoms with Crippen LogP contribution in [-0.4, -0.2) is 74.5 Å². The van der Waals surface area contributed by atoms with Gasteiger partial charge < -0.3 is 31.5 Å². The van der Waals surface area contributed by atoms with E-state index < -0.39 is 0 Å². The number of carbonyl (C=O) groups is 2. The van der Waals surface area contributed by atoms with Crippen molar-refractivity contribution in [2.45, 2.75) is 19.8 Å². The minimum absolute atomic E-state index is 0.103. The largest absolute Gasteiger partial charge is 0.395 e. The minimum Gasteiger partial charge on any atom is -0.395 e. The number of nitrogens with one attached hydrogen (secondary N) is 4. The first-order valence-corrected chi connectivity index (χ1v) is 7.80. The van der Waals surface area contributed by atoms with Crippen LogP contribution < -0.4 is 21.3 Å². The third-order valence-corrected chi connectivity index (χ3v) is 2.98. The third-order valence-electron chi connectivity index (χ3n) is 2.98. The van der Waals surface area contributed by atoms with E-state index in [-0.39, 0.29) is 56.9 Å². The van der Waals surface area contributed by atoms with Gasteiger partial charge in [0.1, 0.15) is 0 Å². The van der Waals surface area contributed by atoms with Crippen molar-refractivity contribution in [1.29, 1.82) is 0 Å². The molecule has 0 aliphatic heterocycles. The molecule has 8 heteroatoms. The molecule has 130 valence electrons. The van der Waals surface area contributed by atoms with Crippen LogP contribution in [0.1, 0.15) is 19.8 Å². The lowest BCUT2D eigenvalue weighted by Gasteiger charge is -2.17. The topological polar surface area (TPSA) is 123 Å². The van der Waals surface area contributed by atoms with Crippen LogP contribution in [0.4, 0.5) is 0 Å². The van der Waals surface area contributed by atoms with Gasteiger partial charge in [0.25, 0.3) is 0 Å². The van der Waals surface area contributed by atoms with Crippen LogP contribution in [-0.2, 0) is 9.59 Å². The van der Waals surface area contributed by atoms with Crippen LogP contribution in [0, 0.1) is 5.92 Å². The molecule has 0 fully saturated rings. The molecular weight excluding hydrogens is 288 g/mol. The smallest absolute Gasteiger partial charge is 0.220 e. The fourth-order valence-corrected chi connectivity index (χ4v) is 1.94. The summed E-state index contributed by atoms with van der Waals surface area (Å²) >= 11 is 0. The number of hydrogen-bond acceptors (Lipinski definition) is 6. The van der Waals surface area contributed by atoms with Gasteiger partial charge in [-0.05, 0) is 19.0 Å². The van der Waals surface area contributed by atoms with E-state index in [1.54, 1.807) is 0 Å². The van der Waals surface area contributed by atoms with Crippen molar-refractivity contribution in [1.82, 2.24) is 21.3 Å². The van der Waals surface area contributed by atoms with Gasteiger partial charge in [-0.15, -0.1) is 0 Å². The Morgan fingerprint density at radius 3 is 1.82 bits per heavy atom. The Balaban J connectivity index is 4.17. The lowest BCUT2D eigenvalue weighted by molar-refractivity contribution is -0.124. The summed E-state index contributed by atoms with van der Waals surface area (Å²) in [6, 6.07) is 0. The summed E-state index contributed by atoms with van der Waals surface area (Å²) in [5, 5.41) is 29.0. The number of aliphatic hydroxyl groups is 2. The van der Waals surface area contributed by atoms with E-state index in [9.17, 15) is 9.59 Å². The Kier molecular flexibility index (Phi) is 13.9. The van der Waals surface area contributed by atoms with Gasteiger partial charge in [0.05, 0.1) is 13.2 Å². The Morgan fingerprint density at radius 1 is 0.864 bits per heavy atom. The molecule has 0 heterocycles. The maximum atomic E-state index is 11.7. The first-order chi connectivity index (χ1) is 10.6. The summed E-state index contributed by atoms with van der Waals surface area (Å²) in [6.07, 6.45) is 0.446. The maximum Gasteiger partial charge on any atom is 0.220 e. The van der Waals surface area contributed by atoms with Crippen molar-refractivity contribution in [2.24, 2.45) is 5.92 Å². The Hall–Kier alpha value is -1.22. The molecular formula is C14H30N4O4. The van der Waals surface area contributed by atoms with Gasteiger partial charge >= 0.3 is 0 Å². The summed E-state index contributed by atoms with van der Waals surface area (Å²) in [7, 11) is 0. The third kappa shape index (κ3) is 12.5. The fourth-order valence-electron chi connectivity index (χ4n) is 1.94. The van der Waals surface area contributed by atoms with E-state index in [4.69, 9.17) is 10.2 Å². The van der Waals surface area contributed by atoms with Crippen LogP contribution in [0.2, 0.25) is 0 Å². The summed E-state index contributed by atoms with van der Waals surface area (Å²) in [5.41, 5.74) is 0. The Labute approximate surface area is 132 Å². The number of likely N-dealkylation sites (N-methyl/N-ethyl adjacent to an activating group) is 1. The van der Waals surface area contributed by atoms with Crippen LogP contribution in [0.25, 0.3) is 0 Å². The Morgan fingerprint density at radius 2 is 1.36 bits per heavy atom. The predicted octanol–water partition coefficient (Wildman–Crippen LogP) is -2.20. The minimum atomic E-state index is -0.178. The molecule has 0 aromatic rings. The first-order valence-electron chi connectivity index (χ1n) is 7.80. The van der Waals surface area contributed by atoms with Gasteiger partial charge in [-0.2, -0.15) is 0 Å². The van der Waals surface area contributed by atoms with E-state index in [2.05, 4.69) is 21.3 Å². The van der Waals surface area contributed by atoms with Crippen LogP contribution in [0.3, 0.4) is 0 Å². The van der Waals surface area contributed by atoms with Crippen LogP contribution >= 0.6 is 0 Å². The van der Waals surface area contributed by atoms with Gasteiger partial charge in [0.2, 0.25) is 11.8 Å². The highest BCUT2D eigenvalue weighted by atomic mass is 16.3. The SMILES string of the molecule is CCNCCNCC(CC(=O)NCCO)CC(=O)NCCO.